The Morgan fingerprint density at radius 3 is 2.41 bits per heavy atom. The predicted molar refractivity (Wildman–Crippen MR) is 112 cm³/mol. The third kappa shape index (κ3) is 4.03. The molecule has 0 spiro atoms. The number of amides is 1. The minimum atomic E-state index is -0.663. The van der Waals surface area contributed by atoms with Gasteiger partial charge < -0.3 is 19.6 Å². The van der Waals surface area contributed by atoms with E-state index in [1.807, 2.05) is 56.3 Å². The first-order chi connectivity index (χ1) is 13.8. The van der Waals surface area contributed by atoms with Crippen LogP contribution in [-0.4, -0.2) is 60.9 Å². The van der Waals surface area contributed by atoms with Gasteiger partial charge in [-0.15, -0.1) is 0 Å². The molecule has 2 aromatic rings. The van der Waals surface area contributed by atoms with Crippen LogP contribution in [0.3, 0.4) is 0 Å². The lowest BCUT2D eigenvalue weighted by Crippen LogP contribution is -2.35. The van der Waals surface area contributed by atoms with Crippen LogP contribution < -0.4 is 4.74 Å². The molecular weight excluding hydrogens is 368 g/mol. The number of carbonyl (C=O) groups is 2. The summed E-state index contributed by atoms with van der Waals surface area (Å²) in [4.78, 5) is 29.2. The monoisotopic (exact) mass is 394 g/mol. The van der Waals surface area contributed by atoms with E-state index in [2.05, 4.69) is 0 Å². The highest BCUT2D eigenvalue weighted by molar-refractivity contribution is 6.46. The zero-order valence-electron chi connectivity index (χ0n) is 17.2. The van der Waals surface area contributed by atoms with Gasteiger partial charge in [-0.1, -0.05) is 30.3 Å². The molecule has 1 amide bonds. The second-order valence-electron chi connectivity index (χ2n) is 7.39. The Hall–Kier alpha value is -3.12. The molecule has 1 atom stereocenters. The quantitative estimate of drug-likeness (QED) is 0.463. The highest BCUT2D eigenvalue weighted by Crippen LogP contribution is 2.39. The molecule has 1 heterocycles. The summed E-state index contributed by atoms with van der Waals surface area (Å²) in [6.45, 7) is 2.85. The van der Waals surface area contributed by atoms with Crippen LogP contribution in [0.4, 0.5) is 0 Å². The maximum atomic E-state index is 12.9. The number of likely N-dealkylation sites (N-methyl/N-ethyl adjacent to an activating group) is 1. The Morgan fingerprint density at radius 2 is 1.83 bits per heavy atom. The third-order valence-electron chi connectivity index (χ3n) is 5.11. The first-order valence-corrected chi connectivity index (χ1v) is 9.48. The van der Waals surface area contributed by atoms with E-state index in [1.54, 1.807) is 30.2 Å². The van der Waals surface area contributed by atoms with E-state index in [0.29, 0.717) is 24.4 Å². The molecule has 2 aromatic carbocycles. The van der Waals surface area contributed by atoms with Gasteiger partial charge >= 0.3 is 0 Å². The molecule has 29 heavy (non-hydrogen) atoms. The Morgan fingerprint density at radius 1 is 1.14 bits per heavy atom. The fraction of sp³-hybridized carbons (Fsp3) is 0.304. The number of aryl methyl sites for hydroxylation is 1. The van der Waals surface area contributed by atoms with E-state index in [-0.39, 0.29) is 11.3 Å². The minimum absolute atomic E-state index is 0.115. The fourth-order valence-electron chi connectivity index (χ4n) is 3.58. The molecule has 0 aromatic heterocycles. The van der Waals surface area contributed by atoms with Crippen LogP contribution >= 0.6 is 0 Å². The van der Waals surface area contributed by atoms with Gasteiger partial charge in [0.25, 0.3) is 11.7 Å². The average molecular weight is 394 g/mol. The predicted octanol–water partition coefficient (Wildman–Crippen LogP) is 2.99. The van der Waals surface area contributed by atoms with Crippen LogP contribution in [0.1, 0.15) is 22.7 Å². The number of ether oxygens (including phenoxy) is 1. The SMILES string of the molecule is COc1ccc(/C(O)=C2/C(=O)C(=O)N(CCN(C)C)C2c2ccccc2)cc1C. The molecule has 0 saturated carbocycles. The summed E-state index contributed by atoms with van der Waals surface area (Å²) >= 11 is 0. The fourth-order valence-corrected chi connectivity index (χ4v) is 3.58. The summed E-state index contributed by atoms with van der Waals surface area (Å²) in [5.41, 5.74) is 2.21. The van der Waals surface area contributed by atoms with Crippen LogP contribution in [0.2, 0.25) is 0 Å². The molecule has 6 nitrogen and oxygen atoms in total. The molecule has 0 aliphatic carbocycles. The number of aliphatic hydroxyl groups excluding tert-OH is 1. The average Bonchev–Trinajstić information content (AvgIpc) is 2.97. The lowest BCUT2D eigenvalue weighted by atomic mass is 9.95. The number of hydrogen-bond acceptors (Lipinski definition) is 5. The van der Waals surface area contributed by atoms with Gasteiger partial charge in [-0.25, -0.2) is 0 Å². The molecule has 3 rings (SSSR count). The molecule has 1 fully saturated rings. The van der Waals surface area contributed by atoms with Crippen molar-refractivity contribution in [3.63, 3.8) is 0 Å². The molecule has 0 bridgehead atoms. The first kappa shape index (κ1) is 20.6. The molecule has 6 heteroatoms. The smallest absolute Gasteiger partial charge is 0.295 e. The number of methoxy groups -OCH3 is 1. The molecule has 1 aliphatic rings. The summed E-state index contributed by atoms with van der Waals surface area (Å²) in [6, 6.07) is 13.9. The number of nitrogens with zero attached hydrogens (tertiary/aromatic N) is 2. The molecule has 1 saturated heterocycles. The van der Waals surface area contributed by atoms with Gasteiger partial charge in [-0.2, -0.15) is 0 Å². The summed E-state index contributed by atoms with van der Waals surface area (Å²) in [7, 11) is 5.40. The second-order valence-corrected chi connectivity index (χ2v) is 7.39. The standard InChI is InChI=1S/C23H26N2O4/c1-15-14-17(10-11-18(15)29-4)21(26)19-20(16-8-6-5-7-9-16)25(13-12-24(2)3)23(28)22(19)27/h5-11,14,20,26H,12-13H2,1-4H3/b21-19-. The highest BCUT2D eigenvalue weighted by atomic mass is 16.5. The molecule has 0 radical (unpaired) electrons. The van der Waals surface area contributed by atoms with Crippen LogP contribution in [-0.2, 0) is 9.59 Å². The number of Topliss-reactive ketones (excluding diaryl/α,β-unsaturated/α-hetero) is 1. The van der Waals surface area contributed by atoms with Crippen molar-refractivity contribution in [2.45, 2.75) is 13.0 Å². The van der Waals surface area contributed by atoms with Gasteiger partial charge in [-0.05, 0) is 50.3 Å². The van der Waals surface area contributed by atoms with Crippen LogP contribution in [0.5, 0.6) is 5.75 Å². The number of benzene rings is 2. The van der Waals surface area contributed by atoms with Crippen molar-refractivity contribution in [1.82, 2.24) is 9.80 Å². The van der Waals surface area contributed by atoms with Crippen molar-refractivity contribution in [3.8, 4) is 5.75 Å². The summed E-state index contributed by atoms with van der Waals surface area (Å²) in [6.07, 6.45) is 0. The molecular formula is C23H26N2O4. The zero-order valence-corrected chi connectivity index (χ0v) is 17.2. The number of rotatable bonds is 6. The van der Waals surface area contributed by atoms with E-state index in [9.17, 15) is 14.7 Å². The number of ketones is 1. The normalized spacial score (nSPS) is 18.5. The van der Waals surface area contributed by atoms with Gasteiger partial charge in [0.1, 0.15) is 11.5 Å². The Labute approximate surface area is 171 Å². The molecule has 152 valence electrons. The van der Waals surface area contributed by atoms with E-state index in [0.717, 1.165) is 11.1 Å². The molecule has 1 unspecified atom stereocenters. The third-order valence-corrected chi connectivity index (χ3v) is 5.11. The van der Waals surface area contributed by atoms with Crippen molar-refractivity contribution < 1.29 is 19.4 Å². The van der Waals surface area contributed by atoms with E-state index in [1.165, 1.54) is 0 Å². The van der Waals surface area contributed by atoms with Gasteiger partial charge in [0, 0.05) is 18.7 Å². The lowest BCUT2D eigenvalue weighted by Gasteiger charge is -2.26. The van der Waals surface area contributed by atoms with Gasteiger partial charge in [0.15, 0.2) is 0 Å². The number of hydrogen-bond donors (Lipinski definition) is 1. The Bertz CT molecular complexity index is 951. The van der Waals surface area contributed by atoms with Crippen molar-refractivity contribution in [2.75, 3.05) is 34.3 Å². The number of aliphatic hydroxyl groups is 1. The second kappa shape index (κ2) is 8.49. The van der Waals surface area contributed by atoms with Crippen molar-refractivity contribution in [1.29, 1.82) is 0 Å². The largest absolute Gasteiger partial charge is 0.507 e. The van der Waals surface area contributed by atoms with Crippen molar-refractivity contribution >= 4 is 17.4 Å². The van der Waals surface area contributed by atoms with Gasteiger partial charge in [0.05, 0.1) is 18.7 Å². The number of likely N-dealkylation sites (tertiary alicyclic amines) is 1. The molecule has 1 aliphatic heterocycles. The maximum Gasteiger partial charge on any atom is 0.295 e. The van der Waals surface area contributed by atoms with Crippen molar-refractivity contribution in [3.05, 3.63) is 70.8 Å². The minimum Gasteiger partial charge on any atom is -0.507 e. The summed E-state index contributed by atoms with van der Waals surface area (Å²) in [5, 5.41) is 11.1. The van der Waals surface area contributed by atoms with Crippen LogP contribution in [0.25, 0.3) is 5.76 Å². The maximum absolute atomic E-state index is 12.9. The number of carbonyl (C=O) groups excluding carboxylic acids is 2. The Kier molecular flexibility index (Phi) is 6.03. The van der Waals surface area contributed by atoms with E-state index in [4.69, 9.17) is 4.74 Å². The Balaban J connectivity index is 2.13. The van der Waals surface area contributed by atoms with E-state index < -0.39 is 17.7 Å². The van der Waals surface area contributed by atoms with Crippen LogP contribution in [0.15, 0.2) is 54.1 Å². The van der Waals surface area contributed by atoms with Gasteiger partial charge in [-0.3, -0.25) is 9.59 Å². The summed E-state index contributed by atoms with van der Waals surface area (Å²) < 4.78 is 5.27. The van der Waals surface area contributed by atoms with E-state index >= 15 is 0 Å². The zero-order chi connectivity index (χ0) is 21.1. The highest BCUT2D eigenvalue weighted by Gasteiger charge is 2.45. The topological polar surface area (TPSA) is 70.1 Å². The summed E-state index contributed by atoms with van der Waals surface area (Å²) in [5.74, 6) is -0.737. The first-order valence-electron chi connectivity index (χ1n) is 9.48. The van der Waals surface area contributed by atoms with Crippen LogP contribution in [0, 0.1) is 6.92 Å². The van der Waals surface area contributed by atoms with Crippen molar-refractivity contribution in [2.24, 2.45) is 0 Å². The molecule has 1 N–H and O–H groups in total. The lowest BCUT2D eigenvalue weighted by molar-refractivity contribution is -0.140. The van der Waals surface area contributed by atoms with Gasteiger partial charge in [0.2, 0.25) is 0 Å².